The summed E-state index contributed by atoms with van der Waals surface area (Å²) in [5, 5.41) is 20.5. The Balaban J connectivity index is 1.51. The smallest absolute Gasteiger partial charge is 0.274 e. The minimum absolute atomic E-state index is 0.0748. The quantitative estimate of drug-likeness (QED) is 0.313. The van der Waals surface area contributed by atoms with Gasteiger partial charge < -0.3 is 11.1 Å². The van der Waals surface area contributed by atoms with Crippen molar-refractivity contribution in [3.8, 4) is 17.2 Å². The summed E-state index contributed by atoms with van der Waals surface area (Å²) in [6.07, 6.45) is 1.53. The maximum Gasteiger partial charge on any atom is 0.274 e. The van der Waals surface area contributed by atoms with Crippen molar-refractivity contribution in [2.75, 3.05) is 5.32 Å². The first-order valence-corrected chi connectivity index (χ1v) is 12.0. The predicted octanol–water partition coefficient (Wildman–Crippen LogP) is 3.94. The zero-order chi connectivity index (χ0) is 26.8. The molecule has 0 aliphatic rings. The molecular formula is C25H19Cl2N9O2. The summed E-state index contributed by atoms with van der Waals surface area (Å²) < 4.78 is 1.32. The average molecular weight is 548 g/mol. The molecule has 5 rings (SSSR count). The molecule has 0 aliphatic heterocycles. The van der Waals surface area contributed by atoms with Crippen molar-refractivity contribution in [3.05, 3.63) is 99.4 Å². The van der Waals surface area contributed by atoms with Crippen LogP contribution >= 0.6 is 23.2 Å². The lowest BCUT2D eigenvalue weighted by Gasteiger charge is -2.13. The zero-order valence-electron chi connectivity index (χ0n) is 19.8. The van der Waals surface area contributed by atoms with E-state index in [1.54, 1.807) is 31.2 Å². The number of aromatic nitrogens is 7. The fourth-order valence-electron chi connectivity index (χ4n) is 3.80. The van der Waals surface area contributed by atoms with Crippen molar-refractivity contribution in [1.82, 2.24) is 35.0 Å². The topological polar surface area (TPSA) is 146 Å². The van der Waals surface area contributed by atoms with E-state index in [1.165, 1.54) is 21.7 Å². The number of nitrogens with one attached hydrogen (secondary N) is 1. The number of rotatable bonds is 7. The number of nitrogens with two attached hydrogens (primary N) is 1. The lowest BCUT2D eigenvalue weighted by Crippen LogP contribution is -2.21. The first-order valence-electron chi connectivity index (χ1n) is 11.2. The van der Waals surface area contributed by atoms with Gasteiger partial charge in [-0.05, 0) is 48.0 Å². The molecule has 5 aromatic rings. The lowest BCUT2D eigenvalue weighted by atomic mass is 10.1. The Bertz CT molecular complexity index is 1660. The Hall–Kier alpha value is -4.61. The highest BCUT2D eigenvalue weighted by atomic mass is 35.5. The van der Waals surface area contributed by atoms with Gasteiger partial charge in [0.05, 0.1) is 22.0 Å². The van der Waals surface area contributed by atoms with Crippen LogP contribution in [0.25, 0.3) is 17.2 Å². The molecule has 190 valence electrons. The zero-order valence-corrected chi connectivity index (χ0v) is 21.4. The SMILES string of the molecule is Cc1cc(Cl)cc(C(N)=O)c1NC(=O)c1cc(Cn2nnc(-c3ccccc3)n2)nn1-c1ncccc1Cl. The van der Waals surface area contributed by atoms with E-state index in [2.05, 4.69) is 30.8 Å². The molecular weight excluding hydrogens is 529 g/mol. The fourth-order valence-corrected chi connectivity index (χ4v) is 4.28. The van der Waals surface area contributed by atoms with Gasteiger partial charge in [0.25, 0.3) is 11.8 Å². The van der Waals surface area contributed by atoms with Crippen LogP contribution in [0.4, 0.5) is 5.69 Å². The first kappa shape index (κ1) is 25.1. The minimum Gasteiger partial charge on any atom is -0.366 e. The summed E-state index contributed by atoms with van der Waals surface area (Å²) in [6.45, 7) is 1.82. The van der Waals surface area contributed by atoms with Crippen LogP contribution in [-0.4, -0.2) is 46.8 Å². The van der Waals surface area contributed by atoms with E-state index in [-0.39, 0.29) is 34.3 Å². The number of amides is 2. The molecule has 0 bridgehead atoms. The minimum atomic E-state index is -0.737. The van der Waals surface area contributed by atoms with E-state index in [1.807, 2.05) is 30.3 Å². The third-order valence-electron chi connectivity index (χ3n) is 5.52. The molecule has 3 N–H and O–H groups in total. The molecule has 2 aromatic carbocycles. The van der Waals surface area contributed by atoms with Crippen LogP contribution in [0.3, 0.4) is 0 Å². The van der Waals surface area contributed by atoms with Crippen LogP contribution in [0, 0.1) is 6.92 Å². The lowest BCUT2D eigenvalue weighted by molar-refractivity contribution is 0.100. The number of carbonyl (C=O) groups excluding carboxylic acids is 2. The van der Waals surface area contributed by atoms with Gasteiger partial charge in [-0.25, -0.2) is 9.67 Å². The Morgan fingerprint density at radius 2 is 1.82 bits per heavy atom. The monoisotopic (exact) mass is 547 g/mol. The summed E-state index contributed by atoms with van der Waals surface area (Å²) >= 11 is 12.5. The number of aryl methyl sites for hydroxylation is 1. The van der Waals surface area contributed by atoms with E-state index in [9.17, 15) is 9.59 Å². The molecule has 0 aliphatic carbocycles. The third kappa shape index (κ3) is 5.10. The number of hydrogen-bond acceptors (Lipinski definition) is 7. The van der Waals surface area contributed by atoms with Crippen LogP contribution in [0.5, 0.6) is 0 Å². The van der Waals surface area contributed by atoms with Gasteiger partial charge in [0.2, 0.25) is 5.82 Å². The molecule has 0 radical (unpaired) electrons. The molecule has 0 saturated heterocycles. The van der Waals surface area contributed by atoms with Crippen LogP contribution < -0.4 is 11.1 Å². The molecule has 3 aromatic heterocycles. The number of carbonyl (C=O) groups is 2. The highest BCUT2D eigenvalue weighted by Crippen LogP contribution is 2.27. The van der Waals surface area contributed by atoms with Crippen LogP contribution in [0.15, 0.2) is 66.9 Å². The van der Waals surface area contributed by atoms with Crippen molar-refractivity contribution in [1.29, 1.82) is 0 Å². The van der Waals surface area contributed by atoms with E-state index in [0.29, 0.717) is 22.1 Å². The van der Waals surface area contributed by atoms with Crippen molar-refractivity contribution < 1.29 is 9.59 Å². The summed E-state index contributed by atoms with van der Waals surface area (Å²) in [4.78, 5) is 31.2. The number of nitrogens with zero attached hydrogens (tertiary/aromatic N) is 7. The van der Waals surface area contributed by atoms with Crippen molar-refractivity contribution >= 4 is 40.7 Å². The number of tetrazole rings is 1. The highest BCUT2D eigenvalue weighted by Gasteiger charge is 2.23. The average Bonchev–Trinajstić information content (AvgIpc) is 3.54. The highest BCUT2D eigenvalue weighted by molar-refractivity contribution is 6.32. The second kappa shape index (κ2) is 10.4. The van der Waals surface area contributed by atoms with Gasteiger partial charge in [0, 0.05) is 16.8 Å². The fraction of sp³-hybridized carbons (Fsp3) is 0.0800. The summed E-state index contributed by atoms with van der Waals surface area (Å²) in [6, 6.07) is 17.3. The van der Waals surface area contributed by atoms with Crippen molar-refractivity contribution in [2.24, 2.45) is 5.73 Å². The number of hydrogen-bond donors (Lipinski definition) is 2. The van der Waals surface area contributed by atoms with Crippen LogP contribution in [-0.2, 0) is 6.54 Å². The maximum atomic E-state index is 13.5. The van der Waals surface area contributed by atoms with E-state index < -0.39 is 11.8 Å². The molecule has 3 heterocycles. The second-order valence-electron chi connectivity index (χ2n) is 8.21. The Morgan fingerprint density at radius 3 is 2.55 bits per heavy atom. The van der Waals surface area contributed by atoms with Gasteiger partial charge in [-0.2, -0.15) is 9.90 Å². The van der Waals surface area contributed by atoms with Gasteiger partial charge in [0.1, 0.15) is 12.2 Å². The van der Waals surface area contributed by atoms with Gasteiger partial charge in [-0.1, -0.05) is 53.5 Å². The molecule has 38 heavy (non-hydrogen) atoms. The molecule has 11 nitrogen and oxygen atoms in total. The molecule has 13 heteroatoms. The van der Waals surface area contributed by atoms with Gasteiger partial charge >= 0.3 is 0 Å². The van der Waals surface area contributed by atoms with Crippen molar-refractivity contribution in [2.45, 2.75) is 13.5 Å². The molecule has 0 spiro atoms. The van der Waals surface area contributed by atoms with Crippen molar-refractivity contribution in [3.63, 3.8) is 0 Å². The van der Waals surface area contributed by atoms with Gasteiger partial charge in [-0.15, -0.1) is 10.2 Å². The Morgan fingerprint density at radius 1 is 1.03 bits per heavy atom. The largest absolute Gasteiger partial charge is 0.366 e. The molecule has 0 atom stereocenters. The summed E-state index contributed by atoms with van der Waals surface area (Å²) in [7, 11) is 0. The summed E-state index contributed by atoms with van der Waals surface area (Å²) in [5.74, 6) is -0.618. The number of halogens is 2. The molecule has 2 amide bonds. The standard InChI is InChI=1S/C25H19Cl2N9O2/c1-14-10-16(26)11-18(22(28)37)21(14)30-25(38)20-12-17(32-36(20)24-19(27)8-5-9-29-24)13-35-33-23(31-34-35)15-6-3-2-4-7-15/h2-12H,13H2,1H3,(H2,28,37)(H,30,38). The van der Waals surface area contributed by atoms with E-state index in [4.69, 9.17) is 28.9 Å². The van der Waals surface area contributed by atoms with E-state index in [0.717, 1.165) is 5.56 Å². The second-order valence-corrected chi connectivity index (χ2v) is 9.06. The van der Waals surface area contributed by atoms with Gasteiger partial charge in [-0.3, -0.25) is 9.59 Å². The number of pyridine rings is 1. The molecule has 0 saturated carbocycles. The maximum absolute atomic E-state index is 13.5. The van der Waals surface area contributed by atoms with Gasteiger partial charge in [0.15, 0.2) is 5.82 Å². The first-order chi connectivity index (χ1) is 18.3. The summed E-state index contributed by atoms with van der Waals surface area (Å²) in [5.41, 5.74) is 7.75. The van der Waals surface area contributed by atoms with Crippen LogP contribution in [0.1, 0.15) is 32.1 Å². The Kier molecular flexibility index (Phi) is 6.86. The van der Waals surface area contributed by atoms with Crippen LogP contribution in [0.2, 0.25) is 10.0 Å². The number of anilines is 1. The molecule has 0 unspecified atom stereocenters. The predicted molar refractivity (Wildman–Crippen MR) is 141 cm³/mol. The van der Waals surface area contributed by atoms with E-state index >= 15 is 0 Å². The third-order valence-corrected chi connectivity index (χ3v) is 6.04. The molecule has 0 fully saturated rings. The number of benzene rings is 2. The normalized spacial score (nSPS) is 10.9. The Labute approximate surface area is 226 Å². The number of primary amides is 1.